The summed E-state index contributed by atoms with van der Waals surface area (Å²) in [6, 6.07) is 6.04. The molecule has 4 nitrogen and oxygen atoms in total. The summed E-state index contributed by atoms with van der Waals surface area (Å²) in [7, 11) is 1.96. The van der Waals surface area contributed by atoms with Crippen molar-refractivity contribution >= 4 is 5.97 Å². The third-order valence-electron chi connectivity index (χ3n) is 2.93. The van der Waals surface area contributed by atoms with E-state index in [1.807, 2.05) is 7.05 Å². The monoisotopic (exact) mass is 250 g/mol. The normalized spacial score (nSPS) is 12.7. The van der Waals surface area contributed by atoms with Crippen molar-refractivity contribution < 1.29 is 9.90 Å². The highest BCUT2D eigenvalue weighted by Crippen LogP contribution is 2.12. The van der Waals surface area contributed by atoms with Gasteiger partial charge in [-0.15, -0.1) is 0 Å². The predicted octanol–water partition coefficient (Wildman–Crippen LogP) is 1.54. The molecule has 0 spiro atoms. The molecule has 1 unspecified atom stereocenters. The van der Waals surface area contributed by atoms with Crippen LogP contribution in [0.15, 0.2) is 18.2 Å². The molecular weight excluding hydrogens is 228 g/mol. The Bertz CT molecular complexity index is 418. The average Bonchev–Trinajstić information content (AvgIpc) is 2.21. The lowest BCUT2D eigenvalue weighted by molar-refractivity contribution is -0.137. The second-order valence-corrected chi connectivity index (χ2v) is 4.98. The fourth-order valence-electron chi connectivity index (χ4n) is 2.02. The molecule has 3 N–H and O–H groups in total. The summed E-state index contributed by atoms with van der Waals surface area (Å²) in [5, 5.41) is 8.67. The molecule has 0 aliphatic carbocycles. The highest BCUT2D eigenvalue weighted by atomic mass is 16.4. The van der Waals surface area contributed by atoms with Crippen LogP contribution in [0.2, 0.25) is 0 Å². The van der Waals surface area contributed by atoms with Gasteiger partial charge in [0.2, 0.25) is 0 Å². The van der Waals surface area contributed by atoms with Gasteiger partial charge < -0.3 is 15.7 Å². The Kier molecular flexibility index (Phi) is 5.31. The molecule has 0 amide bonds. The van der Waals surface area contributed by atoms with E-state index >= 15 is 0 Å². The Morgan fingerprint density at radius 3 is 2.72 bits per heavy atom. The first-order chi connectivity index (χ1) is 8.38. The number of hydrogen-bond donors (Lipinski definition) is 2. The fraction of sp³-hybridized carbons (Fsp3) is 0.500. The maximum atomic E-state index is 10.5. The number of nitrogens with zero attached hydrogens (tertiary/aromatic N) is 1. The van der Waals surface area contributed by atoms with Crippen LogP contribution in [0.25, 0.3) is 0 Å². The largest absolute Gasteiger partial charge is 0.481 e. The Morgan fingerprint density at radius 1 is 1.44 bits per heavy atom. The highest BCUT2D eigenvalue weighted by Gasteiger charge is 2.11. The Hall–Kier alpha value is -1.39. The highest BCUT2D eigenvalue weighted by molar-refractivity contribution is 5.67. The lowest BCUT2D eigenvalue weighted by Gasteiger charge is -2.21. The topological polar surface area (TPSA) is 66.6 Å². The zero-order valence-corrected chi connectivity index (χ0v) is 11.3. The van der Waals surface area contributed by atoms with E-state index in [0.717, 1.165) is 6.54 Å². The van der Waals surface area contributed by atoms with Crippen molar-refractivity contribution in [3.05, 3.63) is 34.9 Å². The number of likely N-dealkylation sites (N-methyl/N-ethyl adjacent to an activating group) is 1. The van der Waals surface area contributed by atoms with E-state index in [1.165, 1.54) is 16.7 Å². The second-order valence-electron chi connectivity index (χ2n) is 4.98. The molecule has 0 bridgehead atoms. The van der Waals surface area contributed by atoms with Crippen LogP contribution in [0.5, 0.6) is 0 Å². The molecule has 100 valence electrons. The van der Waals surface area contributed by atoms with E-state index in [0.29, 0.717) is 6.54 Å². The number of benzene rings is 1. The van der Waals surface area contributed by atoms with Crippen molar-refractivity contribution in [1.82, 2.24) is 4.90 Å². The number of aryl methyl sites for hydroxylation is 2. The van der Waals surface area contributed by atoms with Gasteiger partial charge in [0.25, 0.3) is 0 Å². The number of hydrogen-bond acceptors (Lipinski definition) is 3. The zero-order chi connectivity index (χ0) is 13.7. The molecular formula is C14H22N2O2. The van der Waals surface area contributed by atoms with Gasteiger partial charge in [0.1, 0.15) is 0 Å². The minimum absolute atomic E-state index is 0.0111. The van der Waals surface area contributed by atoms with Gasteiger partial charge >= 0.3 is 5.97 Å². The minimum atomic E-state index is -0.845. The molecule has 0 aromatic heterocycles. The van der Waals surface area contributed by atoms with Gasteiger partial charge in [0, 0.05) is 19.1 Å². The summed E-state index contributed by atoms with van der Waals surface area (Å²) in [4.78, 5) is 12.6. The van der Waals surface area contributed by atoms with E-state index in [1.54, 1.807) is 0 Å². The van der Waals surface area contributed by atoms with Crippen molar-refractivity contribution in [1.29, 1.82) is 0 Å². The van der Waals surface area contributed by atoms with Gasteiger partial charge in [0.15, 0.2) is 0 Å². The quantitative estimate of drug-likeness (QED) is 0.803. The first-order valence-electron chi connectivity index (χ1n) is 6.10. The maximum Gasteiger partial charge on any atom is 0.304 e. The molecule has 1 rings (SSSR count). The van der Waals surface area contributed by atoms with Gasteiger partial charge in [-0.2, -0.15) is 0 Å². The number of carboxylic acids is 1. The Balaban J connectivity index is 2.56. The molecule has 0 heterocycles. The van der Waals surface area contributed by atoms with Gasteiger partial charge in [-0.3, -0.25) is 4.79 Å². The molecule has 1 aromatic carbocycles. The summed E-state index contributed by atoms with van der Waals surface area (Å²) in [6.07, 6.45) is 0.0111. The van der Waals surface area contributed by atoms with Crippen molar-refractivity contribution in [3.8, 4) is 0 Å². The molecule has 1 aromatic rings. The number of rotatable bonds is 6. The van der Waals surface area contributed by atoms with Crippen LogP contribution in [0.4, 0.5) is 0 Å². The molecule has 1 atom stereocenters. The molecule has 18 heavy (non-hydrogen) atoms. The first kappa shape index (κ1) is 14.7. The van der Waals surface area contributed by atoms with Crippen LogP contribution < -0.4 is 5.73 Å². The van der Waals surface area contributed by atoms with Crippen molar-refractivity contribution in [2.24, 2.45) is 5.73 Å². The molecule has 0 saturated carbocycles. The molecule has 0 fully saturated rings. The predicted molar refractivity (Wildman–Crippen MR) is 72.5 cm³/mol. The second kappa shape index (κ2) is 6.52. The summed E-state index contributed by atoms with van der Waals surface area (Å²) in [5.41, 5.74) is 9.52. The molecule has 0 aliphatic heterocycles. The summed E-state index contributed by atoms with van der Waals surface area (Å²) < 4.78 is 0. The number of nitrogens with two attached hydrogens (primary N) is 1. The first-order valence-corrected chi connectivity index (χ1v) is 6.10. The number of aliphatic carboxylic acids is 1. The van der Waals surface area contributed by atoms with Crippen molar-refractivity contribution in [2.45, 2.75) is 32.9 Å². The van der Waals surface area contributed by atoms with Gasteiger partial charge in [-0.1, -0.05) is 23.8 Å². The minimum Gasteiger partial charge on any atom is -0.481 e. The van der Waals surface area contributed by atoms with Crippen LogP contribution in [0, 0.1) is 13.8 Å². The summed E-state index contributed by atoms with van der Waals surface area (Å²) in [6.45, 7) is 5.53. The summed E-state index contributed by atoms with van der Waals surface area (Å²) >= 11 is 0. The number of carbonyl (C=O) groups is 1. The van der Waals surface area contributed by atoms with E-state index in [4.69, 9.17) is 10.8 Å². The van der Waals surface area contributed by atoms with E-state index in [2.05, 4.69) is 36.9 Å². The summed E-state index contributed by atoms with van der Waals surface area (Å²) in [5.74, 6) is -0.845. The van der Waals surface area contributed by atoms with Crippen LogP contribution in [-0.2, 0) is 11.3 Å². The lowest BCUT2D eigenvalue weighted by atomic mass is 10.1. The molecule has 4 heteroatoms. The Morgan fingerprint density at radius 2 is 2.11 bits per heavy atom. The van der Waals surface area contributed by atoms with Crippen molar-refractivity contribution in [2.75, 3.05) is 13.6 Å². The molecule has 0 saturated heterocycles. The average molecular weight is 250 g/mol. The third kappa shape index (κ3) is 4.85. The third-order valence-corrected chi connectivity index (χ3v) is 2.93. The van der Waals surface area contributed by atoms with Crippen molar-refractivity contribution in [3.63, 3.8) is 0 Å². The lowest BCUT2D eigenvalue weighted by Crippen LogP contribution is -2.36. The smallest absolute Gasteiger partial charge is 0.304 e. The number of carboxylic acid groups (broad SMARTS) is 1. The van der Waals surface area contributed by atoms with Crippen LogP contribution in [-0.4, -0.2) is 35.6 Å². The maximum absolute atomic E-state index is 10.5. The van der Waals surface area contributed by atoms with E-state index in [9.17, 15) is 4.79 Å². The van der Waals surface area contributed by atoms with Gasteiger partial charge in [-0.05, 0) is 32.0 Å². The van der Waals surface area contributed by atoms with Crippen LogP contribution in [0.1, 0.15) is 23.1 Å². The zero-order valence-electron chi connectivity index (χ0n) is 11.3. The van der Waals surface area contributed by atoms with E-state index < -0.39 is 5.97 Å². The SMILES string of the molecule is Cc1ccc(C)c(CN(C)CC(N)CC(=O)O)c1. The van der Waals surface area contributed by atoms with Gasteiger partial charge in [0.05, 0.1) is 6.42 Å². The van der Waals surface area contributed by atoms with Crippen LogP contribution in [0.3, 0.4) is 0 Å². The molecule has 0 aliphatic rings. The fourth-order valence-corrected chi connectivity index (χ4v) is 2.02. The van der Waals surface area contributed by atoms with Gasteiger partial charge in [-0.25, -0.2) is 0 Å². The Labute approximate surface area is 108 Å². The van der Waals surface area contributed by atoms with Crippen LogP contribution >= 0.6 is 0 Å². The standard InChI is InChI=1S/C14H22N2O2/c1-10-4-5-11(2)12(6-10)8-16(3)9-13(15)7-14(17)18/h4-6,13H,7-9,15H2,1-3H3,(H,17,18). The molecule has 0 radical (unpaired) electrons. The van der Waals surface area contributed by atoms with E-state index in [-0.39, 0.29) is 12.5 Å².